The molecule has 4 aromatic carbocycles. The van der Waals surface area contributed by atoms with Crippen LogP contribution in [0.1, 0.15) is 10.4 Å². The van der Waals surface area contributed by atoms with Gasteiger partial charge < -0.3 is 15.1 Å². The number of anilines is 3. The predicted molar refractivity (Wildman–Crippen MR) is 139 cm³/mol. The number of fused-ring (bicyclic) bond motifs is 3. The van der Waals surface area contributed by atoms with Gasteiger partial charge in [-0.3, -0.25) is 4.79 Å². The van der Waals surface area contributed by atoms with Crippen molar-refractivity contribution in [3.05, 3.63) is 115 Å². The molecule has 6 rings (SSSR count). The molecule has 0 atom stereocenters. The first kappa shape index (κ1) is 20.6. The molecule has 35 heavy (non-hydrogen) atoms. The van der Waals surface area contributed by atoms with Gasteiger partial charge in [0, 0.05) is 39.3 Å². The topological polar surface area (TPSA) is 80.0 Å². The molecular weight excluding hydrogens is 436 g/mol. The van der Waals surface area contributed by atoms with Crippen LogP contribution in [0, 0.1) is 0 Å². The van der Waals surface area contributed by atoms with Gasteiger partial charge in [0.1, 0.15) is 23.3 Å². The number of nitrogens with one attached hydrogen (secondary N) is 2. The van der Waals surface area contributed by atoms with Crippen LogP contribution in [0.25, 0.3) is 33.2 Å². The minimum absolute atomic E-state index is 0.161. The molecule has 0 aliphatic rings. The lowest BCUT2D eigenvalue weighted by molar-refractivity contribution is 0.102. The second-order valence-electron chi connectivity index (χ2n) is 8.09. The van der Waals surface area contributed by atoms with Crippen molar-refractivity contribution in [3.8, 4) is 11.3 Å². The fourth-order valence-electron chi connectivity index (χ4n) is 4.14. The zero-order chi connectivity index (χ0) is 23.6. The molecule has 168 valence electrons. The van der Waals surface area contributed by atoms with Gasteiger partial charge in [-0.1, -0.05) is 54.6 Å². The van der Waals surface area contributed by atoms with Gasteiger partial charge in [-0.25, -0.2) is 9.97 Å². The Bertz CT molecular complexity index is 1680. The lowest BCUT2D eigenvalue weighted by Crippen LogP contribution is -2.11. The Kier molecular flexibility index (Phi) is 5.16. The normalized spacial score (nSPS) is 11.0. The van der Waals surface area contributed by atoms with Crippen LogP contribution in [0.15, 0.2) is 114 Å². The zero-order valence-corrected chi connectivity index (χ0v) is 18.6. The monoisotopic (exact) mass is 456 g/mol. The molecule has 6 heteroatoms. The molecule has 0 bridgehead atoms. The van der Waals surface area contributed by atoms with Gasteiger partial charge in [0.25, 0.3) is 5.91 Å². The lowest BCUT2D eigenvalue weighted by atomic mass is 10.1. The summed E-state index contributed by atoms with van der Waals surface area (Å²) in [5, 5.41) is 8.36. The van der Waals surface area contributed by atoms with E-state index < -0.39 is 0 Å². The fraction of sp³-hybridized carbons (Fsp3) is 0. The van der Waals surface area contributed by atoms with E-state index in [9.17, 15) is 4.79 Å². The molecule has 0 aliphatic heterocycles. The van der Waals surface area contributed by atoms with Crippen molar-refractivity contribution in [1.82, 2.24) is 9.97 Å². The highest BCUT2D eigenvalue weighted by molar-refractivity contribution is 6.09. The maximum atomic E-state index is 12.5. The minimum atomic E-state index is -0.161. The summed E-state index contributed by atoms with van der Waals surface area (Å²) in [6.45, 7) is 0. The first-order valence-corrected chi connectivity index (χ1v) is 11.2. The number of carbonyl (C=O) groups excluding carboxylic acids is 1. The fourth-order valence-corrected chi connectivity index (χ4v) is 4.14. The minimum Gasteiger partial charge on any atom is -0.455 e. The Morgan fingerprint density at radius 2 is 1.49 bits per heavy atom. The van der Waals surface area contributed by atoms with E-state index in [0.29, 0.717) is 17.1 Å². The summed E-state index contributed by atoms with van der Waals surface area (Å²) >= 11 is 0. The number of furan rings is 1. The number of hydrogen-bond acceptors (Lipinski definition) is 5. The largest absolute Gasteiger partial charge is 0.455 e. The van der Waals surface area contributed by atoms with Gasteiger partial charge in [-0.2, -0.15) is 0 Å². The summed E-state index contributed by atoms with van der Waals surface area (Å²) < 4.78 is 6.16. The van der Waals surface area contributed by atoms with E-state index in [4.69, 9.17) is 4.42 Å². The predicted octanol–water partition coefficient (Wildman–Crippen LogP) is 7.04. The van der Waals surface area contributed by atoms with Crippen LogP contribution >= 0.6 is 0 Å². The Hall–Kier alpha value is -4.97. The second kappa shape index (κ2) is 8.76. The smallest absolute Gasteiger partial charge is 0.255 e. The number of carbonyl (C=O) groups is 1. The molecule has 0 saturated carbocycles. The second-order valence-corrected chi connectivity index (χ2v) is 8.09. The van der Waals surface area contributed by atoms with Gasteiger partial charge in [-0.05, 0) is 42.5 Å². The Balaban J connectivity index is 1.28. The molecule has 2 aromatic heterocycles. The molecular formula is C29H20N4O2. The summed E-state index contributed by atoms with van der Waals surface area (Å²) in [4.78, 5) is 21.4. The van der Waals surface area contributed by atoms with Crippen molar-refractivity contribution >= 4 is 45.0 Å². The van der Waals surface area contributed by atoms with E-state index in [0.717, 1.165) is 38.9 Å². The number of aromatic nitrogens is 2. The first-order chi connectivity index (χ1) is 17.2. The summed E-state index contributed by atoms with van der Waals surface area (Å²) in [5.41, 5.74) is 5.37. The number of benzene rings is 4. The molecule has 0 unspecified atom stereocenters. The maximum Gasteiger partial charge on any atom is 0.255 e. The molecule has 0 fully saturated rings. The third-order valence-corrected chi connectivity index (χ3v) is 5.78. The van der Waals surface area contributed by atoms with E-state index in [2.05, 4.69) is 32.7 Å². The Morgan fingerprint density at radius 3 is 2.40 bits per heavy atom. The zero-order valence-electron chi connectivity index (χ0n) is 18.6. The van der Waals surface area contributed by atoms with Crippen molar-refractivity contribution in [1.29, 1.82) is 0 Å². The van der Waals surface area contributed by atoms with Crippen LogP contribution in [0.5, 0.6) is 0 Å². The van der Waals surface area contributed by atoms with E-state index >= 15 is 0 Å². The standard InChI is InChI=1S/C29H20N4O2/c34-29(19-8-2-1-3-9-19)33-21-11-6-10-20(16-21)32-27-17-25(30-18-31-27)24-14-7-13-23-22-12-4-5-15-26(22)35-28(23)24/h1-18H,(H,33,34)(H,30,31,32). The van der Waals surface area contributed by atoms with Crippen LogP contribution in [-0.2, 0) is 0 Å². The number of para-hydroxylation sites is 2. The third kappa shape index (κ3) is 4.09. The van der Waals surface area contributed by atoms with E-state index in [1.807, 2.05) is 78.9 Å². The SMILES string of the molecule is O=C(Nc1cccc(Nc2cc(-c3cccc4c3oc3ccccc34)ncn2)c1)c1ccccc1. The Labute approximate surface area is 201 Å². The van der Waals surface area contributed by atoms with Crippen LogP contribution in [0.3, 0.4) is 0 Å². The Morgan fingerprint density at radius 1 is 0.714 bits per heavy atom. The quantitative estimate of drug-likeness (QED) is 0.291. The number of nitrogens with zero attached hydrogens (tertiary/aromatic N) is 2. The molecule has 0 spiro atoms. The van der Waals surface area contributed by atoms with Gasteiger partial charge in [-0.15, -0.1) is 0 Å². The van der Waals surface area contributed by atoms with Gasteiger partial charge in [0.05, 0.1) is 5.69 Å². The summed E-state index contributed by atoms with van der Waals surface area (Å²) in [6.07, 6.45) is 1.53. The van der Waals surface area contributed by atoms with Gasteiger partial charge in [0.15, 0.2) is 0 Å². The molecule has 0 saturated heterocycles. The molecule has 2 heterocycles. The van der Waals surface area contributed by atoms with Crippen LogP contribution in [0.4, 0.5) is 17.2 Å². The molecule has 1 amide bonds. The molecule has 6 aromatic rings. The number of hydrogen-bond donors (Lipinski definition) is 2. The van der Waals surface area contributed by atoms with Gasteiger partial charge >= 0.3 is 0 Å². The van der Waals surface area contributed by atoms with E-state index in [1.54, 1.807) is 12.1 Å². The molecule has 0 radical (unpaired) electrons. The van der Waals surface area contributed by atoms with Crippen molar-refractivity contribution < 1.29 is 9.21 Å². The summed E-state index contributed by atoms with van der Waals surface area (Å²) in [5.74, 6) is 0.473. The lowest BCUT2D eigenvalue weighted by Gasteiger charge is -2.10. The number of amides is 1. The molecule has 6 nitrogen and oxygen atoms in total. The highest BCUT2D eigenvalue weighted by Crippen LogP contribution is 2.35. The van der Waals surface area contributed by atoms with Crippen molar-refractivity contribution in [2.24, 2.45) is 0 Å². The van der Waals surface area contributed by atoms with E-state index in [-0.39, 0.29) is 5.91 Å². The highest BCUT2D eigenvalue weighted by atomic mass is 16.3. The summed E-state index contributed by atoms with van der Waals surface area (Å²) in [7, 11) is 0. The summed E-state index contributed by atoms with van der Waals surface area (Å²) in [6, 6.07) is 32.6. The molecule has 2 N–H and O–H groups in total. The van der Waals surface area contributed by atoms with Crippen molar-refractivity contribution in [2.75, 3.05) is 10.6 Å². The number of rotatable bonds is 5. The molecule has 0 aliphatic carbocycles. The average molecular weight is 457 g/mol. The maximum absolute atomic E-state index is 12.5. The third-order valence-electron chi connectivity index (χ3n) is 5.78. The van der Waals surface area contributed by atoms with Gasteiger partial charge in [0.2, 0.25) is 0 Å². The highest BCUT2D eigenvalue weighted by Gasteiger charge is 2.13. The van der Waals surface area contributed by atoms with E-state index in [1.165, 1.54) is 6.33 Å². The van der Waals surface area contributed by atoms with Crippen molar-refractivity contribution in [3.63, 3.8) is 0 Å². The van der Waals surface area contributed by atoms with Crippen LogP contribution in [0.2, 0.25) is 0 Å². The first-order valence-electron chi connectivity index (χ1n) is 11.2. The van der Waals surface area contributed by atoms with Crippen molar-refractivity contribution in [2.45, 2.75) is 0 Å². The average Bonchev–Trinajstić information content (AvgIpc) is 3.28. The van der Waals surface area contributed by atoms with Crippen LogP contribution < -0.4 is 10.6 Å². The van der Waals surface area contributed by atoms with Crippen LogP contribution in [-0.4, -0.2) is 15.9 Å².